The Balaban J connectivity index is 2.02. The first-order valence-electron chi connectivity index (χ1n) is 7.32. The highest BCUT2D eigenvalue weighted by atomic mass is 19.1. The molecule has 0 atom stereocenters. The van der Waals surface area contributed by atoms with Crippen molar-refractivity contribution in [1.29, 1.82) is 0 Å². The van der Waals surface area contributed by atoms with E-state index in [1.54, 1.807) is 18.0 Å². The van der Waals surface area contributed by atoms with Crippen molar-refractivity contribution >= 4 is 17.5 Å². The Bertz CT molecular complexity index is 541. The maximum absolute atomic E-state index is 13.1. The van der Waals surface area contributed by atoms with Crippen molar-refractivity contribution in [2.75, 3.05) is 18.9 Å². The second-order valence-electron chi connectivity index (χ2n) is 5.63. The quantitative estimate of drug-likeness (QED) is 0.820. The number of carbonyl (C=O) groups is 2. The number of anilines is 1. The molecule has 1 aliphatic carbocycles. The maximum Gasteiger partial charge on any atom is 0.240 e. The Hall–Kier alpha value is -1.91. The minimum atomic E-state index is -0.950. The minimum absolute atomic E-state index is 0.134. The van der Waals surface area contributed by atoms with Crippen LogP contribution in [0.2, 0.25) is 0 Å². The Labute approximate surface area is 124 Å². The van der Waals surface area contributed by atoms with Gasteiger partial charge in [0.2, 0.25) is 11.8 Å². The Morgan fingerprint density at radius 3 is 2.67 bits per heavy atom. The molecule has 21 heavy (non-hydrogen) atoms. The van der Waals surface area contributed by atoms with Crippen LogP contribution in [0.4, 0.5) is 10.1 Å². The normalized spacial score (nSPS) is 15.4. The van der Waals surface area contributed by atoms with Crippen LogP contribution in [-0.4, -0.2) is 30.3 Å². The number of amides is 2. The monoisotopic (exact) mass is 292 g/mol. The van der Waals surface area contributed by atoms with Crippen LogP contribution >= 0.6 is 0 Å². The summed E-state index contributed by atoms with van der Waals surface area (Å²) < 4.78 is 13.1. The van der Waals surface area contributed by atoms with E-state index in [2.05, 4.69) is 12.2 Å². The number of nitrogens with one attached hydrogen (secondary N) is 1. The van der Waals surface area contributed by atoms with Crippen molar-refractivity contribution < 1.29 is 14.0 Å². The van der Waals surface area contributed by atoms with Crippen LogP contribution in [0.5, 0.6) is 0 Å². The third-order valence-corrected chi connectivity index (χ3v) is 3.87. The molecule has 1 aromatic rings. The highest BCUT2D eigenvalue weighted by molar-refractivity contribution is 6.12. The lowest BCUT2D eigenvalue weighted by Crippen LogP contribution is -2.41. The zero-order valence-corrected chi connectivity index (χ0v) is 12.5. The number of unbranched alkanes of at least 4 members (excludes halogenated alkanes) is 1. The number of halogens is 1. The topological polar surface area (TPSA) is 49.4 Å². The van der Waals surface area contributed by atoms with Gasteiger partial charge in [-0.05, 0) is 37.5 Å². The molecule has 1 aromatic carbocycles. The molecule has 2 amide bonds. The van der Waals surface area contributed by atoms with Crippen molar-refractivity contribution in [1.82, 2.24) is 4.90 Å². The first kappa shape index (κ1) is 15.5. The highest BCUT2D eigenvalue weighted by Crippen LogP contribution is 2.48. The van der Waals surface area contributed by atoms with E-state index in [1.807, 2.05) is 0 Å². The number of rotatable bonds is 6. The summed E-state index contributed by atoms with van der Waals surface area (Å²) in [6, 6.07) is 5.70. The Morgan fingerprint density at radius 2 is 2.10 bits per heavy atom. The summed E-state index contributed by atoms with van der Waals surface area (Å²) in [5.74, 6) is -0.879. The Kier molecular flexibility index (Phi) is 4.60. The minimum Gasteiger partial charge on any atom is -0.345 e. The summed E-state index contributed by atoms with van der Waals surface area (Å²) in [4.78, 5) is 26.4. The molecular weight excluding hydrogens is 271 g/mol. The van der Waals surface area contributed by atoms with Crippen LogP contribution in [-0.2, 0) is 9.59 Å². The van der Waals surface area contributed by atoms with E-state index in [9.17, 15) is 14.0 Å². The molecule has 114 valence electrons. The van der Waals surface area contributed by atoms with Gasteiger partial charge in [0.05, 0.1) is 0 Å². The molecule has 1 aliphatic rings. The van der Waals surface area contributed by atoms with Crippen molar-refractivity contribution in [3.8, 4) is 0 Å². The third-order valence-electron chi connectivity index (χ3n) is 3.87. The predicted octanol–water partition coefficient (Wildman–Crippen LogP) is 2.80. The van der Waals surface area contributed by atoms with E-state index in [1.165, 1.54) is 18.2 Å². The molecule has 2 rings (SSSR count). The van der Waals surface area contributed by atoms with Gasteiger partial charge in [0, 0.05) is 19.3 Å². The lowest BCUT2D eigenvalue weighted by Gasteiger charge is -2.23. The fourth-order valence-corrected chi connectivity index (χ4v) is 2.34. The lowest BCUT2D eigenvalue weighted by atomic mass is 10.0. The molecule has 0 radical (unpaired) electrons. The number of benzene rings is 1. The van der Waals surface area contributed by atoms with Crippen molar-refractivity contribution in [3.63, 3.8) is 0 Å². The van der Waals surface area contributed by atoms with Crippen LogP contribution < -0.4 is 5.32 Å². The fraction of sp³-hybridized carbons (Fsp3) is 0.500. The van der Waals surface area contributed by atoms with Gasteiger partial charge in [-0.3, -0.25) is 9.59 Å². The van der Waals surface area contributed by atoms with Gasteiger partial charge in [0.25, 0.3) is 0 Å². The third kappa shape index (κ3) is 3.40. The number of hydrogen-bond donors (Lipinski definition) is 1. The molecule has 5 heteroatoms. The molecule has 0 saturated heterocycles. The summed E-state index contributed by atoms with van der Waals surface area (Å²) in [6.45, 7) is 2.71. The molecule has 0 unspecified atom stereocenters. The summed E-state index contributed by atoms with van der Waals surface area (Å²) in [7, 11) is 1.73. The standard InChI is InChI=1S/C16H21FN2O2/c1-3-4-10-19(2)15(21)16(8-9-16)14(20)18-13-7-5-6-12(17)11-13/h5-7,11H,3-4,8-10H2,1-2H3,(H,18,20). The van der Waals surface area contributed by atoms with Crippen molar-refractivity contribution in [2.45, 2.75) is 32.6 Å². The molecule has 0 aliphatic heterocycles. The molecule has 1 fully saturated rings. The van der Waals surface area contributed by atoms with E-state index in [4.69, 9.17) is 0 Å². The van der Waals surface area contributed by atoms with E-state index in [0.29, 0.717) is 25.1 Å². The number of hydrogen-bond acceptors (Lipinski definition) is 2. The molecule has 0 heterocycles. The van der Waals surface area contributed by atoms with Gasteiger partial charge in [-0.15, -0.1) is 0 Å². The lowest BCUT2D eigenvalue weighted by molar-refractivity contribution is -0.141. The summed E-state index contributed by atoms with van der Waals surface area (Å²) in [5.41, 5.74) is -0.565. The van der Waals surface area contributed by atoms with Crippen molar-refractivity contribution in [2.24, 2.45) is 5.41 Å². The molecule has 1 saturated carbocycles. The zero-order chi connectivity index (χ0) is 15.5. The first-order valence-corrected chi connectivity index (χ1v) is 7.32. The smallest absolute Gasteiger partial charge is 0.240 e. The van der Waals surface area contributed by atoms with E-state index in [-0.39, 0.29) is 11.8 Å². The molecule has 4 nitrogen and oxygen atoms in total. The second-order valence-corrected chi connectivity index (χ2v) is 5.63. The molecule has 1 N–H and O–H groups in total. The summed E-state index contributed by atoms with van der Waals surface area (Å²) >= 11 is 0. The van der Waals surface area contributed by atoms with Gasteiger partial charge in [0.15, 0.2) is 0 Å². The van der Waals surface area contributed by atoms with Gasteiger partial charge < -0.3 is 10.2 Å². The van der Waals surface area contributed by atoms with Crippen LogP contribution in [0.3, 0.4) is 0 Å². The number of nitrogens with zero attached hydrogens (tertiary/aromatic N) is 1. The predicted molar refractivity (Wildman–Crippen MR) is 79.2 cm³/mol. The van der Waals surface area contributed by atoms with Gasteiger partial charge in [-0.1, -0.05) is 19.4 Å². The average Bonchev–Trinajstić information content (AvgIpc) is 3.25. The van der Waals surface area contributed by atoms with E-state index in [0.717, 1.165) is 12.8 Å². The first-order chi connectivity index (χ1) is 9.99. The van der Waals surface area contributed by atoms with Gasteiger partial charge in [-0.25, -0.2) is 4.39 Å². The molecule has 0 bridgehead atoms. The van der Waals surface area contributed by atoms with Crippen LogP contribution in [0.15, 0.2) is 24.3 Å². The summed E-state index contributed by atoms with van der Waals surface area (Å²) in [6.07, 6.45) is 3.04. The molecular formula is C16H21FN2O2. The fourth-order valence-electron chi connectivity index (χ4n) is 2.34. The number of carbonyl (C=O) groups excluding carboxylic acids is 2. The van der Waals surface area contributed by atoms with Gasteiger partial charge in [0.1, 0.15) is 11.2 Å². The van der Waals surface area contributed by atoms with Crippen LogP contribution in [0.1, 0.15) is 32.6 Å². The molecule has 0 spiro atoms. The van der Waals surface area contributed by atoms with Crippen LogP contribution in [0.25, 0.3) is 0 Å². The largest absolute Gasteiger partial charge is 0.345 e. The van der Waals surface area contributed by atoms with E-state index >= 15 is 0 Å². The SMILES string of the molecule is CCCCN(C)C(=O)C1(C(=O)Nc2cccc(F)c2)CC1. The Morgan fingerprint density at radius 1 is 1.38 bits per heavy atom. The van der Waals surface area contributed by atoms with E-state index < -0.39 is 11.2 Å². The zero-order valence-electron chi connectivity index (χ0n) is 12.5. The maximum atomic E-state index is 13.1. The average molecular weight is 292 g/mol. The van der Waals surface area contributed by atoms with Gasteiger partial charge >= 0.3 is 0 Å². The summed E-state index contributed by atoms with van der Waals surface area (Å²) in [5, 5.41) is 2.65. The van der Waals surface area contributed by atoms with Gasteiger partial charge in [-0.2, -0.15) is 0 Å². The highest BCUT2D eigenvalue weighted by Gasteiger charge is 2.57. The van der Waals surface area contributed by atoms with Crippen LogP contribution in [0, 0.1) is 11.2 Å². The molecule has 0 aromatic heterocycles. The second kappa shape index (κ2) is 6.24. The van der Waals surface area contributed by atoms with Crippen molar-refractivity contribution in [3.05, 3.63) is 30.1 Å².